The molecule has 1 amide bonds. The standard InChI is InChI=1S/C15H22F2N2O4.ClH/c1-3-6-22-11-5-4-10(13(7-11)23-15(16)17)8-19-14(20)12(18)9-21-2;/h4-5,7,12,15H,3,6,8-9,18H2,1-2H3,(H,19,20);1H. The number of carbonyl (C=O) groups excluding carboxylic acids is 1. The van der Waals surface area contributed by atoms with Crippen LogP contribution in [0.4, 0.5) is 8.78 Å². The molecule has 0 fully saturated rings. The minimum absolute atomic E-state index is 0. The van der Waals surface area contributed by atoms with E-state index < -0.39 is 18.6 Å². The van der Waals surface area contributed by atoms with Crippen molar-refractivity contribution in [3.8, 4) is 11.5 Å². The van der Waals surface area contributed by atoms with Crippen LogP contribution in [0.3, 0.4) is 0 Å². The Morgan fingerprint density at radius 3 is 2.67 bits per heavy atom. The molecular weight excluding hydrogens is 346 g/mol. The van der Waals surface area contributed by atoms with E-state index in [4.69, 9.17) is 15.2 Å². The van der Waals surface area contributed by atoms with Gasteiger partial charge < -0.3 is 25.3 Å². The number of hydrogen-bond acceptors (Lipinski definition) is 5. The fraction of sp³-hybridized carbons (Fsp3) is 0.533. The van der Waals surface area contributed by atoms with Crippen molar-refractivity contribution in [3.63, 3.8) is 0 Å². The van der Waals surface area contributed by atoms with Crippen molar-refractivity contribution < 1.29 is 27.8 Å². The average molecular weight is 369 g/mol. The molecule has 0 radical (unpaired) electrons. The highest BCUT2D eigenvalue weighted by Crippen LogP contribution is 2.26. The molecular formula is C15H23ClF2N2O4. The number of hydrogen-bond donors (Lipinski definition) is 2. The molecule has 0 spiro atoms. The van der Waals surface area contributed by atoms with E-state index in [1.165, 1.54) is 13.2 Å². The van der Waals surface area contributed by atoms with E-state index in [1.807, 2.05) is 6.92 Å². The lowest BCUT2D eigenvalue weighted by Gasteiger charge is -2.15. The van der Waals surface area contributed by atoms with Crippen LogP contribution >= 0.6 is 12.4 Å². The quantitative estimate of drug-likeness (QED) is 0.660. The van der Waals surface area contributed by atoms with Gasteiger partial charge in [0, 0.05) is 25.3 Å². The first-order valence-corrected chi connectivity index (χ1v) is 7.20. The molecule has 1 aromatic carbocycles. The number of methoxy groups -OCH3 is 1. The molecule has 0 bridgehead atoms. The second-order valence-corrected chi connectivity index (χ2v) is 4.78. The van der Waals surface area contributed by atoms with Crippen LogP contribution in [0.1, 0.15) is 18.9 Å². The summed E-state index contributed by atoms with van der Waals surface area (Å²) >= 11 is 0. The Balaban J connectivity index is 0.00000529. The molecule has 1 rings (SSSR count). The van der Waals surface area contributed by atoms with E-state index in [-0.39, 0.29) is 31.3 Å². The third kappa shape index (κ3) is 7.76. The molecule has 0 aliphatic rings. The zero-order valence-electron chi connectivity index (χ0n) is 13.6. The highest BCUT2D eigenvalue weighted by molar-refractivity contribution is 5.85. The van der Waals surface area contributed by atoms with Gasteiger partial charge in [0.1, 0.15) is 17.5 Å². The van der Waals surface area contributed by atoms with Gasteiger partial charge in [-0.25, -0.2) is 0 Å². The molecule has 0 aromatic heterocycles. The Labute approximate surface area is 146 Å². The average Bonchev–Trinajstić information content (AvgIpc) is 2.51. The van der Waals surface area contributed by atoms with Crippen LogP contribution in [0, 0.1) is 0 Å². The van der Waals surface area contributed by atoms with Gasteiger partial charge in [0.2, 0.25) is 5.91 Å². The minimum Gasteiger partial charge on any atom is -0.493 e. The first kappa shape index (κ1) is 22.4. The number of rotatable bonds is 10. The smallest absolute Gasteiger partial charge is 0.387 e. The minimum atomic E-state index is -2.97. The number of benzene rings is 1. The van der Waals surface area contributed by atoms with Crippen molar-refractivity contribution >= 4 is 18.3 Å². The van der Waals surface area contributed by atoms with Gasteiger partial charge in [-0.15, -0.1) is 12.4 Å². The van der Waals surface area contributed by atoms with Gasteiger partial charge in [0.15, 0.2) is 0 Å². The molecule has 0 aliphatic carbocycles. The molecule has 0 saturated carbocycles. The monoisotopic (exact) mass is 368 g/mol. The summed E-state index contributed by atoms with van der Waals surface area (Å²) in [6.45, 7) is -0.496. The highest BCUT2D eigenvalue weighted by atomic mass is 35.5. The Kier molecular flexibility index (Phi) is 11.0. The summed E-state index contributed by atoms with van der Waals surface area (Å²) in [5.41, 5.74) is 5.98. The Morgan fingerprint density at radius 1 is 1.38 bits per heavy atom. The van der Waals surface area contributed by atoms with Gasteiger partial charge in [-0.1, -0.05) is 6.92 Å². The molecule has 0 saturated heterocycles. The Hall–Kier alpha value is -1.64. The summed E-state index contributed by atoms with van der Waals surface area (Å²) in [6, 6.07) is 3.74. The molecule has 6 nitrogen and oxygen atoms in total. The molecule has 138 valence electrons. The zero-order valence-corrected chi connectivity index (χ0v) is 14.4. The maximum absolute atomic E-state index is 12.5. The molecule has 9 heteroatoms. The third-order valence-corrected chi connectivity index (χ3v) is 2.86. The Morgan fingerprint density at radius 2 is 2.08 bits per heavy atom. The zero-order chi connectivity index (χ0) is 17.2. The van der Waals surface area contributed by atoms with E-state index in [2.05, 4.69) is 10.1 Å². The van der Waals surface area contributed by atoms with Crippen molar-refractivity contribution in [2.75, 3.05) is 20.3 Å². The summed E-state index contributed by atoms with van der Waals surface area (Å²) < 4.78 is 39.7. The van der Waals surface area contributed by atoms with Gasteiger partial charge in [0.05, 0.1) is 13.2 Å². The number of amides is 1. The predicted octanol–water partition coefficient (Wildman–Crippen LogP) is 2.09. The van der Waals surface area contributed by atoms with Crippen molar-refractivity contribution in [1.29, 1.82) is 0 Å². The SMILES string of the molecule is CCCOc1ccc(CNC(=O)C(N)COC)c(OC(F)F)c1.Cl. The summed E-state index contributed by atoms with van der Waals surface area (Å²) in [5.74, 6) is -0.0657. The lowest BCUT2D eigenvalue weighted by atomic mass is 10.2. The van der Waals surface area contributed by atoms with E-state index in [0.29, 0.717) is 17.9 Å². The first-order chi connectivity index (χ1) is 11.0. The summed E-state index contributed by atoms with van der Waals surface area (Å²) in [4.78, 5) is 11.7. The molecule has 1 aromatic rings. The van der Waals surface area contributed by atoms with E-state index in [0.717, 1.165) is 6.42 Å². The van der Waals surface area contributed by atoms with Crippen LogP contribution in [-0.2, 0) is 16.1 Å². The predicted molar refractivity (Wildman–Crippen MR) is 87.8 cm³/mol. The molecule has 1 unspecified atom stereocenters. The van der Waals surface area contributed by atoms with Crippen LogP contribution in [0.5, 0.6) is 11.5 Å². The summed E-state index contributed by atoms with van der Waals surface area (Å²) in [5, 5.41) is 2.55. The van der Waals surface area contributed by atoms with E-state index in [9.17, 15) is 13.6 Å². The van der Waals surface area contributed by atoms with Crippen molar-refractivity contribution in [1.82, 2.24) is 5.32 Å². The molecule has 1 atom stereocenters. The van der Waals surface area contributed by atoms with E-state index in [1.54, 1.807) is 12.1 Å². The number of halogens is 3. The van der Waals surface area contributed by atoms with Crippen LogP contribution in [0.15, 0.2) is 18.2 Å². The molecule has 24 heavy (non-hydrogen) atoms. The number of nitrogens with two attached hydrogens (primary N) is 1. The molecule has 3 N–H and O–H groups in total. The van der Waals surface area contributed by atoms with Gasteiger partial charge in [-0.2, -0.15) is 8.78 Å². The van der Waals surface area contributed by atoms with Gasteiger partial charge in [0.25, 0.3) is 0 Å². The maximum atomic E-state index is 12.5. The van der Waals surface area contributed by atoms with Crippen LogP contribution in [0.25, 0.3) is 0 Å². The highest BCUT2D eigenvalue weighted by Gasteiger charge is 2.15. The normalized spacial score (nSPS) is 11.6. The molecule has 0 aliphatic heterocycles. The summed E-state index contributed by atoms with van der Waals surface area (Å²) in [6.07, 6.45) is 0.792. The summed E-state index contributed by atoms with van der Waals surface area (Å²) in [7, 11) is 1.43. The van der Waals surface area contributed by atoms with E-state index >= 15 is 0 Å². The van der Waals surface area contributed by atoms with Crippen LogP contribution in [-0.4, -0.2) is 38.9 Å². The van der Waals surface area contributed by atoms with Gasteiger partial charge in [-0.3, -0.25) is 4.79 Å². The number of ether oxygens (including phenoxy) is 3. The van der Waals surface area contributed by atoms with Gasteiger partial charge in [-0.05, 0) is 18.6 Å². The second kappa shape index (κ2) is 11.8. The van der Waals surface area contributed by atoms with Crippen LogP contribution < -0.4 is 20.5 Å². The molecule has 0 heterocycles. The first-order valence-electron chi connectivity index (χ1n) is 7.20. The lowest BCUT2D eigenvalue weighted by Crippen LogP contribution is -2.43. The second-order valence-electron chi connectivity index (χ2n) is 4.78. The van der Waals surface area contributed by atoms with Gasteiger partial charge >= 0.3 is 6.61 Å². The van der Waals surface area contributed by atoms with Crippen molar-refractivity contribution in [2.45, 2.75) is 32.5 Å². The van der Waals surface area contributed by atoms with Crippen LogP contribution in [0.2, 0.25) is 0 Å². The topological polar surface area (TPSA) is 82.8 Å². The number of carbonyl (C=O) groups is 1. The van der Waals surface area contributed by atoms with Crippen molar-refractivity contribution in [3.05, 3.63) is 23.8 Å². The number of nitrogens with one attached hydrogen (secondary N) is 1. The maximum Gasteiger partial charge on any atom is 0.387 e. The number of alkyl halides is 2. The Bertz CT molecular complexity index is 506. The third-order valence-electron chi connectivity index (χ3n) is 2.86. The lowest BCUT2D eigenvalue weighted by molar-refractivity contribution is -0.123. The largest absolute Gasteiger partial charge is 0.493 e. The fourth-order valence-corrected chi connectivity index (χ4v) is 1.76. The fourth-order valence-electron chi connectivity index (χ4n) is 1.76. The van der Waals surface area contributed by atoms with Crippen molar-refractivity contribution in [2.24, 2.45) is 5.73 Å².